The van der Waals surface area contributed by atoms with Crippen LogP contribution in [0.2, 0.25) is 0 Å². The smallest absolute Gasteiger partial charge is 0.335 e. The van der Waals surface area contributed by atoms with Crippen LogP contribution in [0.25, 0.3) is 0 Å². The number of thiophene rings is 1. The first-order valence-corrected chi connectivity index (χ1v) is 7.39. The second-order valence-corrected chi connectivity index (χ2v) is 6.31. The number of aromatic carboxylic acids is 1. The largest absolute Gasteiger partial charge is 0.478 e. The predicted octanol–water partition coefficient (Wildman–Crippen LogP) is 2.96. The van der Waals surface area contributed by atoms with E-state index in [4.69, 9.17) is 5.11 Å². The van der Waals surface area contributed by atoms with E-state index < -0.39 is 5.97 Å². The number of benzene rings is 1. The van der Waals surface area contributed by atoms with E-state index in [0.717, 1.165) is 10.4 Å². The van der Waals surface area contributed by atoms with Gasteiger partial charge in [-0.25, -0.2) is 4.79 Å². The van der Waals surface area contributed by atoms with Gasteiger partial charge in [-0.2, -0.15) is 0 Å². The molecule has 5 heteroatoms. The molecule has 0 spiro atoms. The summed E-state index contributed by atoms with van der Waals surface area (Å²) in [6.07, 6.45) is 0.279. The summed E-state index contributed by atoms with van der Waals surface area (Å²) < 4.78 is 0. The van der Waals surface area contributed by atoms with Crippen molar-refractivity contribution in [2.75, 3.05) is 7.05 Å². The van der Waals surface area contributed by atoms with Gasteiger partial charge in [0.2, 0.25) is 5.91 Å². The molecule has 2 aromatic rings. The molecule has 21 heavy (non-hydrogen) atoms. The second-order valence-electron chi connectivity index (χ2n) is 4.94. The van der Waals surface area contributed by atoms with Gasteiger partial charge < -0.3 is 10.0 Å². The van der Waals surface area contributed by atoms with E-state index in [0.29, 0.717) is 6.54 Å². The van der Waals surface area contributed by atoms with Crippen LogP contribution in [0.15, 0.2) is 36.4 Å². The van der Waals surface area contributed by atoms with Crippen molar-refractivity contribution in [2.24, 2.45) is 0 Å². The Balaban J connectivity index is 1.95. The number of hydrogen-bond acceptors (Lipinski definition) is 3. The third-order valence-electron chi connectivity index (χ3n) is 3.17. The van der Waals surface area contributed by atoms with E-state index >= 15 is 0 Å². The quantitative estimate of drug-likeness (QED) is 0.924. The number of carbonyl (C=O) groups excluding carboxylic acids is 1. The molecule has 1 aromatic carbocycles. The monoisotopic (exact) mass is 303 g/mol. The maximum Gasteiger partial charge on any atom is 0.335 e. The number of carboxylic acids is 1. The Morgan fingerprint density at radius 3 is 2.33 bits per heavy atom. The summed E-state index contributed by atoms with van der Waals surface area (Å²) in [7, 11) is 1.78. The summed E-state index contributed by atoms with van der Waals surface area (Å²) in [5.74, 6) is -0.942. The average Bonchev–Trinajstić information content (AvgIpc) is 2.84. The molecule has 0 aliphatic heterocycles. The molecule has 4 nitrogen and oxygen atoms in total. The number of amides is 1. The van der Waals surface area contributed by atoms with Crippen molar-refractivity contribution in [3.05, 3.63) is 57.3 Å². The van der Waals surface area contributed by atoms with Crippen LogP contribution in [-0.4, -0.2) is 28.9 Å². The molecule has 1 amide bonds. The molecule has 1 aromatic heterocycles. The first-order chi connectivity index (χ1) is 9.95. The molecule has 2 rings (SSSR count). The molecular weight excluding hydrogens is 286 g/mol. The molecule has 0 aliphatic rings. The third kappa shape index (κ3) is 4.16. The fourth-order valence-electron chi connectivity index (χ4n) is 1.97. The minimum Gasteiger partial charge on any atom is -0.478 e. The summed E-state index contributed by atoms with van der Waals surface area (Å²) in [6, 6.07) is 10.5. The van der Waals surface area contributed by atoms with Crippen LogP contribution in [0.4, 0.5) is 0 Å². The summed E-state index contributed by atoms with van der Waals surface area (Å²) in [5.41, 5.74) is 1.05. The molecule has 0 saturated heterocycles. The van der Waals surface area contributed by atoms with Gasteiger partial charge in [-0.15, -0.1) is 11.3 Å². The maximum absolute atomic E-state index is 12.2. The lowest BCUT2D eigenvalue weighted by Gasteiger charge is -2.16. The molecule has 0 atom stereocenters. The van der Waals surface area contributed by atoms with Crippen molar-refractivity contribution in [2.45, 2.75) is 19.9 Å². The van der Waals surface area contributed by atoms with Crippen molar-refractivity contribution in [1.29, 1.82) is 0 Å². The zero-order valence-electron chi connectivity index (χ0n) is 12.0. The first kappa shape index (κ1) is 15.3. The zero-order chi connectivity index (χ0) is 15.4. The average molecular weight is 303 g/mol. The summed E-state index contributed by atoms with van der Waals surface area (Å²) in [5, 5.41) is 8.84. The van der Waals surface area contributed by atoms with E-state index in [-0.39, 0.29) is 17.9 Å². The number of carbonyl (C=O) groups is 2. The summed E-state index contributed by atoms with van der Waals surface area (Å²) in [4.78, 5) is 27.0. The van der Waals surface area contributed by atoms with Crippen LogP contribution in [0, 0.1) is 6.92 Å². The van der Waals surface area contributed by atoms with Gasteiger partial charge in [0, 0.05) is 16.8 Å². The van der Waals surface area contributed by atoms with Gasteiger partial charge in [0.1, 0.15) is 0 Å². The van der Waals surface area contributed by atoms with Crippen LogP contribution >= 0.6 is 11.3 Å². The van der Waals surface area contributed by atoms with Gasteiger partial charge >= 0.3 is 5.97 Å². The van der Waals surface area contributed by atoms with Crippen LogP contribution in [-0.2, 0) is 17.8 Å². The Kier molecular flexibility index (Phi) is 4.75. The van der Waals surface area contributed by atoms with Crippen molar-refractivity contribution in [3.63, 3.8) is 0 Å². The van der Waals surface area contributed by atoms with Crippen molar-refractivity contribution in [3.8, 4) is 0 Å². The molecule has 0 bridgehead atoms. The highest BCUT2D eigenvalue weighted by Crippen LogP contribution is 2.17. The minimum atomic E-state index is -0.960. The number of carboxylic acid groups (broad SMARTS) is 1. The van der Waals surface area contributed by atoms with Gasteiger partial charge in [0.15, 0.2) is 0 Å². The highest BCUT2D eigenvalue weighted by atomic mass is 32.1. The number of likely N-dealkylation sites (N-methyl/N-ethyl adjacent to an activating group) is 1. The predicted molar refractivity (Wildman–Crippen MR) is 82.6 cm³/mol. The Morgan fingerprint density at radius 1 is 1.14 bits per heavy atom. The van der Waals surface area contributed by atoms with Crippen molar-refractivity contribution >= 4 is 23.2 Å². The molecule has 1 heterocycles. The van der Waals surface area contributed by atoms with Crippen LogP contribution < -0.4 is 0 Å². The second kappa shape index (κ2) is 6.54. The molecule has 0 unspecified atom stereocenters. The number of aryl methyl sites for hydroxylation is 1. The van der Waals surface area contributed by atoms with E-state index in [9.17, 15) is 9.59 Å². The van der Waals surface area contributed by atoms with Crippen LogP contribution in [0.1, 0.15) is 25.7 Å². The van der Waals surface area contributed by atoms with Gasteiger partial charge in [-0.1, -0.05) is 12.1 Å². The Hall–Kier alpha value is -2.14. The highest BCUT2D eigenvalue weighted by Gasteiger charge is 2.11. The van der Waals surface area contributed by atoms with Gasteiger partial charge in [0.05, 0.1) is 18.5 Å². The maximum atomic E-state index is 12.2. The lowest BCUT2D eigenvalue weighted by atomic mass is 10.1. The van der Waals surface area contributed by atoms with E-state index in [2.05, 4.69) is 0 Å². The minimum absolute atomic E-state index is 0.0177. The zero-order valence-corrected chi connectivity index (χ0v) is 12.8. The number of rotatable bonds is 5. The van der Waals surface area contributed by atoms with E-state index in [1.54, 1.807) is 35.4 Å². The normalized spacial score (nSPS) is 10.4. The first-order valence-electron chi connectivity index (χ1n) is 6.57. The number of nitrogens with zero attached hydrogens (tertiary/aromatic N) is 1. The summed E-state index contributed by atoms with van der Waals surface area (Å²) in [6.45, 7) is 2.64. The van der Waals surface area contributed by atoms with Crippen molar-refractivity contribution in [1.82, 2.24) is 4.90 Å². The van der Waals surface area contributed by atoms with E-state index in [1.165, 1.54) is 17.0 Å². The Labute approximate surface area is 127 Å². The van der Waals surface area contributed by atoms with Gasteiger partial charge in [-0.3, -0.25) is 4.79 Å². The number of hydrogen-bond donors (Lipinski definition) is 1. The SMILES string of the molecule is Cc1ccc(CN(C)C(=O)Cc2ccc(C(=O)O)cc2)s1. The Morgan fingerprint density at radius 2 is 1.81 bits per heavy atom. The topological polar surface area (TPSA) is 57.6 Å². The lowest BCUT2D eigenvalue weighted by molar-refractivity contribution is -0.129. The third-order valence-corrected chi connectivity index (χ3v) is 4.16. The van der Waals surface area contributed by atoms with E-state index in [1.807, 2.05) is 19.1 Å². The highest BCUT2D eigenvalue weighted by molar-refractivity contribution is 7.11. The van der Waals surface area contributed by atoms with Gasteiger partial charge in [0.25, 0.3) is 0 Å². The fourth-order valence-corrected chi connectivity index (χ4v) is 2.91. The fraction of sp³-hybridized carbons (Fsp3) is 0.250. The standard InChI is InChI=1S/C16H17NO3S/c1-11-3-8-14(21-11)10-17(2)15(18)9-12-4-6-13(7-5-12)16(19)20/h3-8H,9-10H2,1-2H3,(H,19,20). The molecule has 0 aliphatic carbocycles. The molecule has 0 fully saturated rings. The molecule has 110 valence electrons. The lowest BCUT2D eigenvalue weighted by Crippen LogP contribution is -2.27. The van der Waals surface area contributed by atoms with Gasteiger partial charge in [-0.05, 0) is 36.8 Å². The van der Waals surface area contributed by atoms with Crippen LogP contribution in [0.3, 0.4) is 0 Å². The summed E-state index contributed by atoms with van der Waals surface area (Å²) >= 11 is 1.69. The Bertz CT molecular complexity index is 646. The molecule has 0 saturated carbocycles. The molecular formula is C16H17NO3S. The molecule has 0 radical (unpaired) electrons. The molecule has 1 N–H and O–H groups in total. The van der Waals surface area contributed by atoms with Crippen LogP contribution in [0.5, 0.6) is 0 Å². The van der Waals surface area contributed by atoms with Crippen molar-refractivity contribution < 1.29 is 14.7 Å².